The van der Waals surface area contributed by atoms with Gasteiger partial charge in [0.05, 0.1) is 14.2 Å². The predicted octanol–water partition coefficient (Wildman–Crippen LogP) is -0.0680. The lowest BCUT2D eigenvalue weighted by Gasteiger charge is -2.03. The van der Waals surface area contributed by atoms with E-state index < -0.39 is 0 Å². The number of rotatable bonds is 2. The maximum absolute atomic E-state index is 9.17. The first kappa shape index (κ1) is 8.58. The molecule has 0 aliphatic carbocycles. The molecule has 0 saturated heterocycles. The molecule has 0 unspecified atom stereocenters. The molecule has 5 nitrogen and oxygen atoms in total. The van der Waals surface area contributed by atoms with Crippen LogP contribution in [0.4, 0.5) is 0 Å². The number of hydrogen-bond acceptors (Lipinski definition) is 4. The van der Waals surface area contributed by atoms with Gasteiger partial charge in [-0.1, -0.05) is 0 Å². The molecule has 12 heavy (non-hydrogen) atoms. The fourth-order valence-electron chi connectivity index (χ4n) is 0.892. The molecular formula is C7H11N2O3+. The fourth-order valence-corrected chi connectivity index (χ4v) is 0.892. The van der Waals surface area contributed by atoms with Crippen LogP contribution in [0.1, 0.15) is 5.69 Å². The lowest BCUT2D eigenvalue weighted by Crippen LogP contribution is -2.34. The van der Waals surface area contributed by atoms with Gasteiger partial charge in [0.15, 0.2) is 5.69 Å². The minimum Gasteiger partial charge on any atom is -0.487 e. The van der Waals surface area contributed by atoms with Crippen molar-refractivity contribution in [2.24, 2.45) is 0 Å². The highest BCUT2D eigenvalue weighted by Gasteiger charge is 2.19. The smallest absolute Gasteiger partial charge is 0.374 e. The van der Waals surface area contributed by atoms with Crippen molar-refractivity contribution in [3.05, 3.63) is 12.0 Å². The van der Waals surface area contributed by atoms with E-state index in [0.29, 0.717) is 17.3 Å². The van der Waals surface area contributed by atoms with E-state index in [1.54, 1.807) is 6.92 Å². The number of hydrogen-bond donors (Lipinski definition) is 1. The van der Waals surface area contributed by atoms with E-state index in [1.807, 2.05) is 0 Å². The van der Waals surface area contributed by atoms with Crippen molar-refractivity contribution < 1.29 is 19.4 Å². The summed E-state index contributed by atoms with van der Waals surface area (Å²) in [5, 5.41) is 9.17. The highest BCUT2D eigenvalue weighted by molar-refractivity contribution is 5.33. The van der Waals surface area contributed by atoms with Crippen molar-refractivity contribution in [2.45, 2.75) is 6.92 Å². The van der Waals surface area contributed by atoms with Crippen LogP contribution in [0.25, 0.3) is 0 Å². The van der Waals surface area contributed by atoms with Crippen molar-refractivity contribution in [3.8, 4) is 11.6 Å². The molecule has 0 amide bonds. The van der Waals surface area contributed by atoms with E-state index in [0.717, 1.165) is 4.73 Å². The van der Waals surface area contributed by atoms with Crippen molar-refractivity contribution in [1.29, 1.82) is 0 Å². The van der Waals surface area contributed by atoms with Gasteiger partial charge in [0.1, 0.15) is 0 Å². The minimum absolute atomic E-state index is 0.361. The molecule has 0 fully saturated rings. The Morgan fingerprint density at radius 2 is 2.08 bits per heavy atom. The zero-order valence-electron chi connectivity index (χ0n) is 7.24. The van der Waals surface area contributed by atoms with Gasteiger partial charge in [0.2, 0.25) is 0 Å². The largest absolute Gasteiger partial charge is 0.487 e. The van der Waals surface area contributed by atoms with E-state index in [-0.39, 0.29) is 0 Å². The van der Waals surface area contributed by atoms with E-state index in [2.05, 4.69) is 4.98 Å². The van der Waals surface area contributed by atoms with Crippen molar-refractivity contribution >= 4 is 0 Å². The average molecular weight is 171 g/mol. The van der Waals surface area contributed by atoms with Crippen LogP contribution in [-0.4, -0.2) is 24.4 Å². The molecule has 66 valence electrons. The first-order chi connectivity index (χ1) is 5.70. The number of aromatic nitrogens is 2. The van der Waals surface area contributed by atoms with Gasteiger partial charge < -0.3 is 14.7 Å². The van der Waals surface area contributed by atoms with Crippen molar-refractivity contribution in [3.63, 3.8) is 0 Å². The molecule has 0 atom stereocenters. The number of methoxy groups -OCH3 is 2. The summed E-state index contributed by atoms with van der Waals surface area (Å²) in [4.78, 5) is 3.79. The van der Waals surface area contributed by atoms with E-state index >= 15 is 0 Å². The molecule has 1 N–H and O–H groups in total. The Hall–Kier alpha value is -1.52. The Balaban J connectivity index is 3.25. The first-order valence-electron chi connectivity index (χ1n) is 3.39. The van der Waals surface area contributed by atoms with Gasteiger partial charge in [-0.25, -0.2) is 0 Å². The molecular weight excluding hydrogens is 160 g/mol. The molecule has 0 aliphatic rings. The molecule has 1 aromatic rings. The quantitative estimate of drug-likeness (QED) is 0.500. The monoisotopic (exact) mass is 171 g/mol. The van der Waals surface area contributed by atoms with Gasteiger partial charge in [-0.05, 0) is 9.71 Å². The van der Waals surface area contributed by atoms with Crippen LogP contribution < -0.4 is 14.2 Å². The Kier molecular flexibility index (Phi) is 2.32. The van der Waals surface area contributed by atoms with Crippen LogP contribution in [0, 0.1) is 6.92 Å². The molecule has 0 radical (unpaired) electrons. The second kappa shape index (κ2) is 3.25. The zero-order valence-corrected chi connectivity index (χ0v) is 7.24. The lowest BCUT2D eigenvalue weighted by molar-refractivity contribution is -0.910. The Morgan fingerprint density at radius 3 is 2.58 bits per heavy atom. The third kappa shape index (κ3) is 1.25. The highest BCUT2D eigenvalue weighted by Crippen LogP contribution is 2.23. The maximum Gasteiger partial charge on any atom is 0.374 e. The van der Waals surface area contributed by atoms with Gasteiger partial charge in [0.25, 0.3) is 5.75 Å². The predicted molar refractivity (Wildman–Crippen MR) is 39.5 cm³/mol. The highest BCUT2D eigenvalue weighted by atomic mass is 16.5. The van der Waals surface area contributed by atoms with Crippen LogP contribution in [0.3, 0.4) is 0 Å². The number of ether oxygens (including phenoxy) is 2. The molecule has 0 bridgehead atoms. The Morgan fingerprint density at radius 1 is 1.42 bits per heavy atom. The number of nitrogens with zero attached hydrogens (tertiary/aromatic N) is 2. The van der Waals surface area contributed by atoms with E-state index in [1.165, 1.54) is 20.5 Å². The Labute approximate surface area is 70.2 Å². The topological polar surface area (TPSA) is 55.5 Å². The van der Waals surface area contributed by atoms with E-state index in [9.17, 15) is 0 Å². The summed E-state index contributed by atoms with van der Waals surface area (Å²) in [6.07, 6.45) is 1.25. The standard InChI is InChI=1S/C7H11N2O3/c1-5-6(11-2)7(12-3)8-4-9(5)10/h4,10H,1-3H3/q+1. The van der Waals surface area contributed by atoms with E-state index in [4.69, 9.17) is 14.7 Å². The molecule has 0 aromatic carbocycles. The average Bonchev–Trinajstić information content (AvgIpc) is 2.09. The summed E-state index contributed by atoms with van der Waals surface area (Å²) in [7, 11) is 2.98. The molecule has 5 heteroatoms. The molecule has 1 heterocycles. The second-order valence-corrected chi connectivity index (χ2v) is 2.22. The van der Waals surface area contributed by atoms with Crippen molar-refractivity contribution in [1.82, 2.24) is 4.98 Å². The molecule has 1 aromatic heterocycles. The summed E-state index contributed by atoms with van der Waals surface area (Å²) >= 11 is 0. The molecule has 1 rings (SSSR count). The van der Waals surface area contributed by atoms with Gasteiger partial charge in [0, 0.05) is 6.92 Å². The van der Waals surface area contributed by atoms with Gasteiger partial charge >= 0.3 is 12.2 Å². The zero-order chi connectivity index (χ0) is 9.14. The molecule has 0 saturated carbocycles. The SMILES string of the molecule is COc1nc[n+](O)c(C)c1OC. The van der Waals surface area contributed by atoms with Crippen molar-refractivity contribution in [2.75, 3.05) is 14.2 Å². The van der Waals surface area contributed by atoms with Gasteiger partial charge in [-0.2, -0.15) is 0 Å². The Bertz CT molecular complexity index is 288. The summed E-state index contributed by atoms with van der Waals surface area (Å²) in [5.74, 6) is 0.794. The maximum atomic E-state index is 9.17. The minimum atomic E-state index is 0.361. The first-order valence-corrected chi connectivity index (χ1v) is 3.39. The van der Waals surface area contributed by atoms with Gasteiger partial charge in [-0.15, -0.1) is 0 Å². The second-order valence-electron chi connectivity index (χ2n) is 2.22. The third-order valence-electron chi connectivity index (χ3n) is 1.55. The van der Waals surface area contributed by atoms with Crippen LogP contribution in [0.2, 0.25) is 0 Å². The molecule has 0 spiro atoms. The van der Waals surface area contributed by atoms with Gasteiger partial charge in [-0.3, -0.25) is 0 Å². The summed E-state index contributed by atoms with van der Waals surface area (Å²) in [5.41, 5.74) is 0.546. The van der Waals surface area contributed by atoms with Crippen LogP contribution in [0.5, 0.6) is 11.6 Å². The summed E-state index contributed by atoms with van der Waals surface area (Å²) < 4.78 is 10.8. The van der Waals surface area contributed by atoms with Crippen LogP contribution >= 0.6 is 0 Å². The molecule has 0 aliphatic heterocycles. The lowest BCUT2D eigenvalue weighted by atomic mass is 10.4. The fraction of sp³-hybridized carbons (Fsp3) is 0.429. The van der Waals surface area contributed by atoms with Crippen LogP contribution in [0.15, 0.2) is 6.33 Å². The third-order valence-corrected chi connectivity index (χ3v) is 1.55. The summed E-state index contributed by atoms with van der Waals surface area (Å²) in [6.45, 7) is 1.70. The summed E-state index contributed by atoms with van der Waals surface area (Å²) in [6, 6.07) is 0. The van der Waals surface area contributed by atoms with Crippen LogP contribution in [-0.2, 0) is 0 Å². The normalized spacial score (nSPS) is 9.58.